The lowest BCUT2D eigenvalue weighted by atomic mass is 10.2. The first-order chi connectivity index (χ1) is 11.7. The molecular weight excluding hydrogens is 318 g/mol. The number of benzene rings is 2. The predicted octanol–water partition coefficient (Wildman–Crippen LogP) is 3.89. The van der Waals surface area contributed by atoms with Gasteiger partial charge in [-0.1, -0.05) is 79.3 Å². The van der Waals surface area contributed by atoms with Crippen LogP contribution >= 0.6 is 11.8 Å². The van der Waals surface area contributed by atoms with Gasteiger partial charge in [0.05, 0.1) is 13.1 Å². The summed E-state index contributed by atoms with van der Waals surface area (Å²) in [5, 5.41) is 4.22. The first-order valence-electron chi connectivity index (χ1n) is 8.06. The molecule has 0 aromatic heterocycles. The van der Waals surface area contributed by atoms with E-state index in [1.165, 1.54) is 0 Å². The number of aliphatic imine (C=N–C) groups is 1. The lowest BCUT2D eigenvalue weighted by Crippen LogP contribution is -2.41. The number of urea groups is 1. The molecule has 1 unspecified atom stereocenters. The number of hydrogen-bond donors (Lipinski definition) is 1. The molecule has 24 heavy (non-hydrogen) atoms. The van der Waals surface area contributed by atoms with Crippen molar-refractivity contribution in [1.82, 2.24) is 10.2 Å². The van der Waals surface area contributed by atoms with Gasteiger partial charge in [-0.2, -0.15) is 0 Å². The van der Waals surface area contributed by atoms with E-state index in [9.17, 15) is 4.79 Å². The maximum atomic E-state index is 12.7. The topological polar surface area (TPSA) is 44.7 Å². The molecule has 0 fully saturated rings. The highest BCUT2D eigenvalue weighted by Gasteiger charge is 2.25. The van der Waals surface area contributed by atoms with Crippen LogP contribution in [0.2, 0.25) is 0 Å². The highest BCUT2D eigenvalue weighted by molar-refractivity contribution is 8.14. The van der Waals surface area contributed by atoms with Gasteiger partial charge in [-0.25, -0.2) is 4.79 Å². The van der Waals surface area contributed by atoms with E-state index in [1.807, 2.05) is 60.7 Å². The van der Waals surface area contributed by atoms with Gasteiger partial charge in [-0.3, -0.25) is 9.89 Å². The fourth-order valence-corrected chi connectivity index (χ4v) is 3.40. The van der Waals surface area contributed by atoms with Crippen molar-refractivity contribution in [2.75, 3.05) is 6.54 Å². The van der Waals surface area contributed by atoms with Gasteiger partial charge in [0, 0.05) is 11.8 Å². The molecule has 3 rings (SSSR count). The third-order valence-electron chi connectivity index (χ3n) is 3.74. The second-order valence-corrected chi connectivity index (χ2v) is 7.17. The first kappa shape index (κ1) is 16.6. The van der Waals surface area contributed by atoms with Gasteiger partial charge >= 0.3 is 6.03 Å². The molecule has 0 saturated heterocycles. The number of nitrogens with one attached hydrogen (secondary N) is 1. The van der Waals surface area contributed by atoms with Crippen LogP contribution in [-0.4, -0.2) is 27.9 Å². The fraction of sp³-hybridized carbons (Fsp3) is 0.263. The molecule has 0 aliphatic carbocycles. The molecule has 1 heterocycles. The summed E-state index contributed by atoms with van der Waals surface area (Å²) in [7, 11) is 0. The molecule has 2 aromatic rings. The van der Waals surface area contributed by atoms with Crippen LogP contribution in [0.3, 0.4) is 0 Å². The van der Waals surface area contributed by atoms with Gasteiger partial charge < -0.3 is 5.32 Å². The van der Waals surface area contributed by atoms with Crippen LogP contribution in [0.4, 0.5) is 4.79 Å². The average molecular weight is 339 g/mol. The Morgan fingerprint density at radius 3 is 2.33 bits per heavy atom. The summed E-state index contributed by atoms with van der Waals surface area (Å²) < 4.78 is 0. The molecule has 5 heteroatoms. The molecule has 1 aliphatic heterocycles. The minimum Gasteiger partial charge on any atom is -0.334 e. The van der Waals surface area contributed by atoms with Crippen LogP contribution < -0.4 is 5.32 Å². The number of carbonyl (C=O) groups excluding carboxylic acids is 1. The normalized spacial score (nSPS) is 16.5. The van der Waals surface area contributed by atoms with Crippen LogP contribution in [0.5, 0.6) is 0 Å². The van der Waals surface area contributed by atoms with Crippen molar-refractivity contribution in [3.8, 4) is 0 Å². The van der Waals surface area contributed by atoms with E-state index in [-0.39, 0.29) is 6.03 Å². The summed E-state index contributed by atoms with van der Waals surface area (Å²) in [6.45, 7) is 3.93. The van der Waals surface area contributed by atoms with E-state index in [2.05, 4.69) is 17.2 Å². The van der Waals surface area contributed by atoms with E-state index in [0.717, 1.165) is 22.8 Å². The van der Waals surface area contributed by atoms with Gasteiger partial charge in [0.1, 0.15) is 0 Å². The summed E-state index contributed by atoms with van der Waals surface area (Å²) in [5.41, 5.74) is 2.18. The Morgan fingerprint density at radius 1 is 1.12 bits per heavy atom. The van der Waals surface area contributed by atoms with Gasteiger partial charge in [0.2, 0.25) is 0 Å². The standard InChI is InChI=1S/C19H21N3OS/c1-15-12-21-19(24-15)22(14-17-10-6-3-7-11-17)18(23)20-13-16-8-4-2-5-9-16/h2-11,15H,12-14H2,1H3,(H,20,23). The predicted molar refractivity (Wildman–Crippen MR) is 100 cm³/mol. The monoisotopic (exact) mass is 339 g/mol. The number of amidine groups is 1. The first-order valence-corrected chi connectivity index (χ1v) is 8.94. The Kier molecular flexibility index (Phi) is 5.54. The molecule has 0 bridgehead atoms. The van der Waals surface area contributed by atoms with Crippen LogP contribution in [0.1, 0.15) is 18.1 Å². The SMILES string of the molecule is CC1CN=C(N(Cc2ccccc2)C(=O)NCc2ccccc2)S1. The van der Waals surface area contributed by atoms with Crippen molar-refractivity contribution in [3.05, 3.63) is 71.8 Å². The van der Waals surface area contributed by atoms with Gasteiger partial charge in [-0.05, 0) is 11.1 Å². The average Bonchev–Trinajstić information content (AvgIpc) is 3.05. The summed E-state index contributed by atoms with van der Waals surface area (Å²) in [6.07, 6.45) is 0. The number of hydrogen-bond acceptors (Lipinski definition) is 3. The van der Waals surface area contributed by atoms with E-state index in [0.29, 0.717) is 18.3 Å². The molecule has 0 spiro atoms. The zero-order valence-corrected chi connectivity index (χ0v) is 14.5. The second-order valence-electron chi connectivity index (χ2n) is 5.77. The highest BCUT2D eigenvalue weighted by Crippen LogP contribution is 2.24. The lowest BCUT2D eigenvalue weighted by molar-refractivity contribution is 0.219. The Morgan fingerprint density at radius 2 is 1.75 bits per heavy atom. The molecule has 1 atom stereocenters. The summed E-state index contributed by atoms with van der Waals surface area (Å²) in [5.74, 6) is 0. The zero-order valence-electron chi connectivity index (χ0n) is 13.7. The minimum atomic E-state index is -0.108. The molecule has 2 amide bonds. The Balaban J connectivity index is 1.70. The van der Waals surface area contributed by atoms with Gasteiger partial charge in [0.25, 0.3) is 0 Å². The molecule has 0 saturated carbocycles. The molecule has 2 aromatic carbocycles. The number of nitrogens with zero attached hydrogens (tertiary/aromatic N) is 2. The van der Waals surface area contributed by atoms with Crippen LogP contribution in [0.15, 0.2) is 65.7 Å². The highest BCUT2D eigenvalue weighted by atomic mass is 32.2. The molecule has 1 aliphatic rings. The largest absolute Gasteiger partial charge is 0.334 e. The fourth-order valence-electron chi connectivity index (χ4n) is 2.47. The Labute approximate surface area is 147 Å². The number of carbonyl (C=O) groups is 1. The van der Waals surface area contributed by atoms with Crippen molar-refractivity contribution < 1.29 is 4.79 Å². The van der Waals surface area contributed by atoms with Crippen molar-refractivity contribution in [2.45, 2.75) is 25.3 Å². The smallest absolute Gasteiger partial charge is 0.324 e. The van der Waals surface area contributed by atoms with E-state index < -0.39 is 0 Å². The summed E-state index contributed by atoms with van der Waals surface area (Å²) in [6, 6.07) is 19.8. The maximum absolute atomic E-state index is 12.7. The van der Waals surface area contributed by atoms with Crippen LogP contribution in [0, 0.1) is 0 Å². The Hall–Kier alpha value is -2.27. The second kappa shape index (κ2) is 8.02. The van der Waals surface area contributed by atoms with Crippen LogP contribution in [0.25, 0.3) is 0 Å². The molecule has 4 nitrogen and oxygen atoms in total. The van der Waals surface area contributed by atoms with Crippen molar-refractivity contribution in [2.24, 2.45) is 4.99 Å². The molecule has 124 valence electrons. The van der Waals surface area contributed by atoms with E-state index in [4.69, 9.17) is 0 Å². The quantitative estimate of drug-likeness (QED) is 0.918. The van der Waals surface area contributed by atoms with Gasteiger partial charge in [-0.15, -0.1) is 0 Å². The minimum absolute atomic E-state index is 0.108. The summed E-state index contributed by atoms with van der Waals surface area (Å²) >= 11 is 1.66. The number of rotatable bonds is 4. The third kappa shape index (κ3) is 4.38. The summed E-state index contributed by atoms with van der Waals surface area (Å²) in [4.78, 5) is 19.0. The van der Waals surface area contributed by atoms with Crippen molar-refractivity contribution >= 4 is 23.0 Å². The molecule has 0 radical (unpaired) electrons. The number of thioether (sulfide) groups is 1. The lowest BCUT2D eigenvalue weighted by Gasteiger charge is -2.23. The molecule has 1 N–H and O–H groups in total. The third-order valence-corrected chi connectivity index (χ3v) is 4.85. The Bertz CT molecular complexity index is 703. The number of amides is 2. The van der Waals surface area contributed by atoms with Crippen molar-refractivity contribution in [3.63, 3.8) is 0 Å². The van der Waals surface area contributed by atoms with Gasteiger partial charge in [0.15, 0.2) is 5.17 Å². The van der Waals surface area contributed by atoms with Crippen LogP contribution in [-0.2, 0) is 13.1 Å². The van der Waals surface area contributed by atoms with E-state index in [1.54, 1.807) is 16.7 Å². The maximum Gasteiger partial charge on any atom is 0.324 e. The van der Waals surface area contributed by atoms with E-state index >= 15 is 0 Å². The molecular formula is C19H21N3OS. The van der Waals surface area contributed by atoms with Crippen molar-refractivity contribution in [1.29, 1.82) is 0 Å². The zero-order chi connectivity index (χ0) is 16.8.